The minimum Gasteiger partial charge on any atom is -0.337 e. The highest BCUT2D eigenvalue weighted by atomic mass is 35.5. The van der Waals surface area contributed by atoms with Crippen LogP contribution in [0.1, 0.15) is 15.9 Å². The van der Waals surface area contributed by atoms with Crippen molar-refractivity contribution in [1.82, 2.24) is 4.90 Å². The Morgan fingerprint density at radius 1 is 0.944 bits per heavy atom. The van der Waals surface area contributed by atoms with Crippen molar-refractivity contribution < 1.29 is 4.79 Å². The van der Waals surface area contributed by atoms with Gasteiger partial charge in [0.05, 0.1) is 0 Å². The molecule has 2 rings (SSSR count). The fourth-order valence-corrected chi connectivity index (χ4v) is 1.73. The fourth-order valence-electron chi connectivity index (χ4n) is 1.73. The first-order chi connectivity index (χ1) is 8.27. The van der Waals surface area contributed by atoms with E-state index in [-0.39, 0.29) is 18.3 Å². The van der Waals surface area contributed by atoms with Crippen LogP contribution in [0.5, 0.6) is 0 Å². The number of nitrogens with zero attached hydrogens (tertiary/aromatic N) is 1. The van der Waals surface area contributed by atoms with Crippen LogP contribution in [-0.4, -0.2) is 17.9 Å². The summed E-state index contributed by atoms with van der Waals surface area (Å²) in [4.78, 5) is 13.8. The van der Waals surface area contributed by atoms with E-state index in [0.29, 0.717) is 6.54 Å². The third-order valence-corrected chi connectivity index (χ3v) is 2.63. The molecule has 1 amide bonds. The predicted molar refractivity (Wildman–Crippen MR) is 75.9 cm³/mol. The Balaban J connectivity index is 0.00000162. The molecule has 2 nitrogen and oxygen atoms in total. The SMILES string of the molecule is CN(Cc1ccccc1)C(=O)c1ccccc1.Cl. The van der Waals surface area contributed by atoms with Gasteiger partial charge in [-0.15, -0.1) is 12.4 Å². The summed E-state index contributed by atoms with van der Waals surface area (Å²) in [6, 6.07) is 19.3. The van der Waals surface area contributed by atoms with Crippen molar-refractivity contribution in [1.29, 1.82) is 0 Å². The molecule has 0 aromatic heterocycles. The summed E-state index contributed by atoms with van der Waals surface area (Å²) in [6.45, 7) is 0.633. The van der Waals surface area contributed by atoms with Crippen molar-refractivity contribution in [3.05, 3.63) is 71.8 Å². The van der Waals surface area contributed by atoms with Gasteiger partial charge in [0.1, 0.15) is 0 Å². The molecule has 0 unspecified atom stereocenters. The highest BCUT2D eigenvalue weighted by Crippen LogP contribution is 2.07. The number of rotatable bonds is 3. The van der Waals surface area contributed by atoms with Crippen molar-refractivity contribution in [3.63, 3.8) is 0 Å². The zero-order valence-electron chi connectivity index (χ0n) is 10.2. The second-order valence-corrected chi connectivity index (χ2v) is 4.01. The molecule has 2 aromatic rings. The topological polar surface area (TPSA) is 20.3 Å². The Kier molecular flexibility index (Phi) is 5.40. The molecule has 0 fully saturated rings. The zero-order valence-corrected chi connectivity index (χ0v) is 11.1. The number of benzene rings is 2. The lowest BCUT2D eigenvalue weighted by molar-refractivity contribution is 0.0785. The summed E-state index contributed by atoms with van der Waals surface area (Å²) in [5.74, 6) is 0.0504. The number of carbonyl (C=O) groups is 1. The standard InChI is InChI=1S/C15H15NO.ClH/c1-16(12-13-8-4-2-5-9-13)15(17)14-10-6-3-7-11-14;/h2-11H,12H2,1H3;1H. The average molecular weight is 262 g/mol. The smallest absolute Gasteiger partial charge is 0.253 e. The van der Waals surface area contributed by atoms with Gasteiger partial charge in [-0.05, 0) is 17.7 Å². The third-order valence-electron chi connectivity index (χ3n) is 2.63. The van der Waals surface area contributed by atoms with E-state index in [1.54, 1.807) is 4.90 Å². The Bertz CT molecular complexity index is 484. The molecule has 0 atom stereocenters. The van der Waals surface area contributed by atoms with Crippen molar-refractivity contribution in [2.75, 3.05) is 7.05 Å². The Morgan fingerprint density at radius 2 is 1.44 bits per heavy atom. The van der Waals surface area contributed by atoms with E-state index < -0.39 is 0 Å². The van der Waals surface area contributed by atoms with Gasteiger partial charge >= 0.3 is 0 Å². The molecule has 0 saturated carbocycles. The maximum Gasteiger partial charge on any atom is 0.253 e. The summed E-state index contributed by atoms with van der Waals surface area (Å²) in [5.41, 5.74) is 1.87. The minimum absolute atomic E-state index is 0. The molecule has 94 valence electrons. The molecule has 3 heteroatoms. The van der Waals surface area contributed by atoms with Crippen molar-refractivity contribution in [3.8, 4) is 0 Å². The molecule has 0 aliphatic heterocycles. The molecule has 0 aliphatic carbocycles. The normalized spacial score (nSPS) is 9.39. The summed E-state index contributed by atoms with van der Waals surface area (Å²) in [7, 11) is 1.82. The van der Waals surface area contributed by atoms with Gasteiger partial charge in [0.15, 0.2) is 0 Å². The lowest BCUT2D eigenvalue weighted by atomic mass is 10.1. The monoisotopic (exact) mass is 261 g/mol. The van der Waals surface area contributed by atoms with Crippen LogP contribution in [0.4, 0.5) is 0 Å². The van der Waals surface area contributed by atoms with Crippen LogP contribution >= 0.6 is 12.4 Å². The lowest BCUT2D eigenvalue weighted by Crippen LogP contribution is -2.26. The largest absolute Gasteiger partial charge is 0.337 e. The number of hydrogen-bond acceptors (Lipinski definition) is 1. The van der Waals surface area contributed by atoms with E-state index in [9.17, 15) is 4.79 Å². The fraction of sp³-hybridized carbons (Fsp3) is 0.133. The number of hydrogen-bond donors (Lipinski definition) is 0. The maximum atomic E-state index is 12.1. The zero-order chi connectivity index (χ0) is 12.1. The minimum atomic E-state index is 0. The van der Waals surface area contributed by atoms with Gasteiger partial charge in [-0.2, -0.15) is 0 Å². The molecule has 0 bridgehead atoms. The first kappa shape index (κ1) is 14.3. The maximum absolute atomic E-state index is 12.1. The van der Waals surface area contributed by atoms with Gasteiger partial charge in [-0.25, -0.2) is 0 Å². The highest BCUT2D eigenvalue weighted by Gasteiger charge is 2.10. The van der Waals surface area contributed by atoms with Crippen LogP contribution in [0.3, 0.4) is 0 Å². The number of halogens is 1. The van der Waals surface area contributed by atoms with Gasteiger partial charge in [0, 0.05) is 19.2 Å². The molecular formula is C15H16ClNO. The molecule has 18 heavy (non-hydrogen) atoms. The quantitative estimate of drug-likeness (QED) is 0.830. The van der Waals surface area contributed by atoms with Crippen LogP contribution in [0.2, 0.25) is 0 Å². The molecule has 0 N–H and O–H groups in total. The van der Waals surface area contributed by atoms with Crippen LogP contribution in [-0.2, 0) is 6.54 Å². The number of amides is 1. The molecule has 0 aliphatic rings. The van der Waals surface area contributed by atoms with Crippen molar-refractivity contribution >= 4 is 18.3 Å². The van der Waals surface area contributed by atoms with E-state index in [4.69, 9.17) is 0 Å². The molecule has 0 saturated heterocycles. The first-order valence-corrected chi connectivity index (χ1v) is 5.62. The molecule has 0 spiro atoms. The summed E-state index contributed by atoms with van der Waals surface area (Å²) < 4.78 is 0. The van der Waals surface area contributed by atoms with Crippen LogP contribution < -0.4 is 0 Å². The van der Waals surface area contributed by atoms with Crippen molar-refractivity contribution in [2.45, 2.75) is 6.54 Å². The van der Waals surface area contributed by atoms with E-state index in [0.717, 1.165) is 11.1 Å². The van der Waals surface area contributed by atoms with Crippen LogP contribution in [0.25, 0.3) is 0 Å². The summed E-state index contributed by atoms with van der Waals surface area (Å²) >= 11 is 0. The Labute approximate surface area is 114 Å². The number of carbonyl (C=O) groups excluding carboxylic acids is 1. The molecule has 0 radical (unpaired) electrons. The molecular weight excluding hydrogens is 246 g/mol. The second-order valence-electron chi connectivity index (χ2n) is 4.01. The van der Waals surface area contributed by atoms with Crippen LogP contribution in [0, 0.1) is 0 Å². The van der Waals surface area contributed by atoms with Gasteiger partial charge in [0.25, 0.3) is 5.91 Å². The average Bonchev–Trinajstić information content (AvgIpc) is 2.40. The summed E-state index contributed by atoms with van der Waals surface area (Å²) in [6.07, 6.45) is 0. The van der Waals surface area contributed by atoms with E-state index in [2.05, 4.69) is 0 Å². The van der Waals surface area contributed by atoms with Crippen molar-refractivity contribution in [2.24, 2.45) is 0 Å². The van der Waals surface area contributed by atoms with E-state index >= 15 is 0 Å². The predicted octanol–water partition coefficient (Wildman–Crippen LogP) is 3.38. The second kappa shape index (κ2) is 6.82. The van der Waals surface area contributed by atoms with Gasteiger partial charge in [-0.1, -0.05) is 48.5 Å². The summed E-state index contributed by atoms with van der Waals surface area (Å²) in [5, 5.41) is 0. The Hall–Kier alpha value is -1.80. The highest BCUT2D eigenvalue weighted by molar-refractivity contribution is 5.93. The van der Waals surface area contributed by atoms with Gasteiger partial charge < -0.3 is 4.90 Å². The third kappa shape index (κ3) is 3.60. The first-order valence-electron chi connectivity index (χ1n) is 5.62. The Morgan fingerprint density at radius 3 is 2.00 bits per heavy atom. The molecule has 0 heterocycles. The van der Waals surface area contributed by atoms with E-state index in [1.165, 1.54) is 0 Å². The lowest BCUT2D eigenvalue weighted by Gasteiger charge is -2.17. The van der Waals surface area contributed by atoms with Crippen LogP contribution in [0.15, 0.2) is 60.7 Å². The van der Waals surface area contributed by atoms with Gasteiger partial charge in [0.2, 0.25) is 0 Å². The molecule has 2 aromatic carbocycles. The van der Waals surface area contributed by atoms with Gasteiger partial charge in [-0.3, -0.25) is 4.79 Å². The van der Waals surface area contributed by atoms with E-state index in [1.807, 2.05) is 67.7 Å².